The van der Waals surface area contributed by atoms with Gasteiger partial charge in [0.15, 0.2) is 0 Å². The predicted octanol–water partition coefficient (Wildman–Crippen LogP) is 15.9. The summed E-state index contributed by atoms with van der Waals surface area (Å²) in [6.07, 6.45) is 8.66. The molecule has 0 bridgehead atoms. The van der Waals surface area contributed by atoms with Crippen molar-refractivity contribution in [1.82, 2.24) is 0 Å². The van der Waals surface area contributed by atoms with Gasteiger partial charge in [0.2, 0.25) is 0 Å². The number of fused-ring (bicyclic) bond motifs is 8. The minimum atomic E-state index is -4.32. The molecule has 2 atom stereocenters. The van der Waals surface area contributed by atoms with E-state index in [9.17, 15) is 0 Å². The molecule has 0 spiro atoms. The molecule has 0 fully saturated rings. The van der Waals surface area contributed by atoms with Crippen molar-refractivity contribution in [3.63, 3.8) is 0 Å². The van der Waals surface area contributed by atoms with Gasteiger partial charge in [-0.05, 0) is 0 Å². The van der Waals surface area contributed by atoms with Gasteiger partial charge in [0.25, 0.3) is 0 Å². The average molecular weight is 939 g/mol. The van der Waals surface area contributed by atoms with Gasteiger partial charge in [-0.15, -0.1) is 24.8 Å². The molecule has 0 aliphatic heterocycles. The van der Waals surface area contributed by atoms with Crippen LogP contribution < -0.4 is 0 Å². The topological polar surface area (TPSA) is 26.3 Å². The van der Waals surface area contributed by atoms with E-state index in [1.54, 1.807) is 12.5 Å². The van der Waals surface area contributed by atoms with Crippen molar-refractivity contribution in [2.75, 3.05) is 0 Å². The van der Waals surface area contributed by atoms with Crippen molar-refractivity contribution in [2.45, 2.75) is 16.5 Å². The first-order chi connectivity index (χ1) is 29.3. The fourth-order valence-corrected chi connectivity index (χ4v) is 29.8. The molecule has 2 unspecified atom stereocenters. The fraction of sp³-hybridized carbons (Fsp3) is 0.0714. The van der Waals surface area contributed by atoms with Crippen molar-refractivity contribution in [3.8, 4) is 22.6 Å². The summed E-state index contributed by atoms with van der Waals surface area (Å²) in [7, 11) is 0. The summed E-state index contributed by atoms with van der Waals surface area (Å²) in [6, 6.07) is 63.1. The Kier molecular flexibility index (Phi) is 9.89. The van der Waals surface area contributed by atoms with Gasteiger partial charge in [-0.2, -0.15) is 0 Å². The molecule has 0 saturated heterocycles. The normalized spacial score (nSPS) is 15.9. The maximum atomic E-state index is 6.12. The van der Waals surface area contributed by atoms with E-state index in [1.807, 2.05) is 12.1 Å². The molecule has 8 aromatic carbocycles. The van der Waals surface area contributed by atoms with Gasteiger partial charge in [-0.1, -0.05) is 0 Å². The van der Waals surface area contributed by atoms with E-state index in [4.69, 9.17) is 8.83 Å². The van der Waals surface area contributed by atoms with E-state index in [0.717, 1.165) is 22.6 Å². The number of allylic oxidation sites excluding steroid dienone is 2. The van der Waals surface area contributed by atoms with Crippen LogP contribution in [0, 0.1) is 0 Å². The Morgan fingerprint density at radius 1 is 0.435 bits per heavy atom. The first-order valence-electron chi connectivity index (χ1n) is 21.0. The Hall–Kier alpha value is -5.48. The molecular formula is C56H44Cl2O2SiZr. The number of benzene rings is 8. The summed E-state index contributed by atoms with van der Waals surface area (Å²) in [5.74, 6) is 1.78. The van der Waals surface area contributed by atoms with Crippen LogP contribution in [0.4, 0.5) is 0 Å². The average Bonchev–Trinajstić information content (AvgIpc) is 4.12. The molecule has 302 valence electrons. The Morgan fingerprint density at radius 2 is 0.839 bits per heavy atom. The van der Waals surface area contributed by atoms with Crippen molar-refractivity contribution < 1.29 is 26.2 Å². The molecule has 0 amide bonds. The Labute approximate surface area is 376 Å². The minimum absolute atomic E-state index is 0. The van der Waals surface area contributed by atoms with Gasteiger partial charge in [-0.3, -0.25) is 0 Å². The van der Waals surface area contributed by atoms with E-state index >= 15 is 0 Å². The zero-order valence-electron chi connectivity index (χ0n) is 34.5. The Bertz CT molecular complexity index is 3310. The standard InChI is InChI=1S/2C27H17O.2CH3.2ClH.H2Si.Zr/c2*1-2-8-20-15-22(14-19(20)7-1)25-17-23(26-10-5-13-28-26)16-21-12-11-18-6-3-4-9-24(18)27(21)25;;;;;;/h2*1-17H;2*1H3;2*1H;1H2;. The summed E-state index contributed by atoms with van der Waals surface area (Å²) < 4.78 is 18.2. The van der Waals surface area contributed by atoms with Crippen LogP contribution in [0.3, 0.4) is 0 Å². The molecule has 0 saturated carbocycles. The third kappa shape index (κ3) is 6.21. The Morgan fingerprint density at radius 3 is 1.27 bits per heavy atom. The maximum absolute atomic E-state index is 6.12. The van der Waals surface area contributed by atoms with E-state index in [-0.39, 0.29) is 32.1 Å². The first-order valence-corrected chi connectivity index (χ1v) is 34.6. The molecule has 2 aliphatic rings. The molecule has 2 aromatic heterocycles. The molecule has 0 radical (unpaired) electrons. The summed E-state index contributed by atoms with van der Waals surface area (Å²) in [6.45, 7) is 2.41. The zero-order valence-corrected chi connectivity index (χ0v) is 40.0. The van der Waals surface area contributed by atoms with E-state index < -0.39 is 17.4 Å². The first kappa shape index (κ1) is 40.6. The Balaban J connectivity index is 0.00000229. The number of furan rings is 2. The fourth-order valence-electron chi connectivity index (χ4n) is 11.2. The van der Waals surface area contributed by atoms with Crippen LogP contribution in [0.15, 0.2) is 191 Å². The number of hydrogen-bond donors (Lipinski definition) is 0. The van der Waals surface area contributed by atoms with Gasteiger partial charge in [-0.25, -0.2) is 0 Å². The van der Waals surface area contributed by atoms with Crippen LogP contribution in [0.25, 0.3) is 89.0 Å². The van der Waals surface area contributed by atoms with Crippen LogP contribution in [-0.2, 0) is 17.4 Å². The molecule has 10 aromatic rings. The van der Waals surface area contributed by atoms with Crippen LogP contribution in [0.2, 0.25) is 9.26 Å². The van der Waals surface area contributed by atoms with Crippen LogP contribution in [0.5, 0.6) is 0 Å². The molecule has 2 heterocycles. The van der Waals surface area contributed by atoms with E-state index in [0.29, 0.717) is 0 Å². The molecule has 2 aliphatic carbocycles. The van der Waals surface area contributed by atoms with Crippen molar-refractivity contribution in [2.24, 2.45) is 0 Å². The van der Waals surface area contributed by atoms with Gasteiger partial charge < -0.3 is 0 Å². The van der Waals surface area contributed by atoms with Gasteiger partial charge in [0, 0.05) is 0 Å². The van der Waals surface area contributed by atoms with Crippen molar-refractivity contribution in [1.29, 1.82) is 0 Å². The summed E-state index contributed by atoms with van der Waals surface area (Å²) >= 11 is -4.32. The molecule has 0 N–H and O–H groups in total. The third-order valence-corrected chi connectivity index (χ3v) is 30.9. The number of rotatable bonds is 6. The van der Waals surface area contributed by atoms with Gasteiger partial charge in [0.1, 0.15) is 0 Å². The summed E-state index contributed by atoms with van der Waals surface area (Å²) in [4.78, 5) is 0. The zero-order chi connectivity index (χ0) is 40.2. The molecule has 2 nitrogen and oxygen atoms in total. The van der Waals surface area contributed by atoms with Crippen LogP contribution in [-0.4, -0.2) is 6.88 Å². The monoisotopic (exact) mass is 936 g/mol. The van der Waals surface area contributed by atoms with Gasteiger partial charge in [0.05, 0.1) is 0 Å². The third-order valence-electron chi connectivity index (χ3n) is 13.7. The molecular weight excluding hydrogens is 895 g/mol. The number of hydrogen-bond acceptors (Lipinski definition) is 2. The van der Waals surface area contributed by atoms with Gasteiger partial charge >= 0.3 is 354 Å². The van der Waals surface area contributed by atoms with E-state index in [2.05, 4.69) is 186 Å². The summed E-state index contributed by atoms with van der Waals surface area (Å²) in [5.41, 5.74) is 13.3. The van der Waals surface area contributed by atoms with Crippen molar-refractivity contribution >= 4 is 98.1 Å². The van der Waals surface area contributed by atoms with Crippen LogP contribution in [0.1, 0.15) is 40.6 Å². The number of halogens is 2. The second-order valence-electron chi connectivity index (χ2n) is 18.0. The quantitative estimate of drug-likeness (QED) is 0.123. The molecule has 62 heavy (non-hydrogen) atoms. The second kappa shape index (κ2) is 15.1. The molecule has 6 heteroatoms. The predicted molar refractivity (Wildman–Crippen MR) is 267 cm³/mol. The SMILES string of the molecule is Cl.Cl.[CH3][Zr]([CH3])(=[SiH2])([CH]1C(c2cc(-c3ccco3)cc3ccc4ccccc4c23)=Cc2ccccc21)[CH]1C(c2cc(-c3ccco3)cc3ccc4ccccc4c23)=Cc2ccccc21. The van der Waals surface area contributed by atoms with Crippen molar-refractivity contribution in [3.05, 3.63) is 216 Å². The molecule has 12 rings (SSSR count). The summed E-state index contributed by atoms with van der Waals surface area (Å²) in [5, 5.41) is 10.2. The van der Waals surface area contributed by atoms with E-state index in [1.165, 1.54) is 87.6 Å². The second-order valence-corrected chi connectivity index (χ2v) is 48.5. The van der Waals surface area contributed by atoms with Crippen LogP contribution >= 0.6 is 24.8 Å².